The molecule has 1 N–H and O–H groups in total. The number of hydrogen-bond acceptors (Lipinski definition) is 9. The third-order valence-electron chi connectivity index (χ3n) is 7.45. The summed E-state index contributed by atoms with van der Waals surface area (Å²) in [6, 6.07) is 1.47. The highest BCUT2D eigenvalue weighted by Crippen LogP contribution is 2.31. The Bertz CT molecular complexity index is 1110. The van der Waals surface area contributed by atoms with E-state index in [4.69, 9.17) is 19.4 Å². The maximum absolute atomic E-state index is 5.53. The molecule has 0 bridgehead atoms. The van der Waals surface area contributed by atoms with Gasteiger partial charge >= 0.3 is 0 Å². The molecule has 182 valence electrons. The smallest absolute Gasteiger partial charge is 0.149 e. The first-order valence-corrected chi connectivity index (χ1v) is 13.3. The molecule has 5 heterocycles. The standard InChI is InChI=1S/C24H33N7O2S/c1-16-22-23(26-18-2-4-19(5-3-18)30-7-10-32-11-8-30)27-21(28-24(22)34-29-16)12-17-13-25-31(14-17)20-6-9-33-15-20/h13-14,18-20H,2-12,15H2,1H3,(H,26,27,28)/t18?,19?,20-/m0/s1. The van der Waals surface area contributed by atoms with Crippen LogP contribution in [0.15, 0.2) is 12.4 Å². The van der Waals surface area contributed by atoms with Crippen LogP contribution in [-0.2, 0) is 15.9 Å². The molecule has 3 aliphatic rings. The molecule has 0 aromatic carbocycles. The van der Waals surface area contributed by atoms with Crippen LogP contribution in [-0.4, -0.2) is 80.6 Å². The van der Waals surface area contributed by atoms with E-state index in [1.54, 1.807) is 0 Å². The number of aromatic nitrogens is 5. The van der Waals surface area contributed by atoms with E-state index in [0.717, 1.165) is 91.9 Å². The van der Waals surface area contributed by atoms with Crippen LogP contribution in [0.3, 0.4) is 0 Å². The van der Waals surface area contributed by atoms with Crippen molar-refractivity contribution in [2.24, 2.45) is 0 Å². The highest BCUT2D eigenvalue weighted by atomic mass is 32.1. The normalized spacial score (nSPS) is 26.3. The predicted molar refractivity (Wildman–Crippen MR) is 132 cm³/mol. The number of fused-ring (bicyclic) bond motifs is 1. The van der Waals surface area contributed by atoms with E-state index in [0.29, 0.717) is 24.5 Å². The molecule has 2 aliphatic heterocycles. The van der Waals surface area contributed by atoms with Crippen LogP contribution in [0.25, 0.3) is 10.2 Å². The second-order valence-electron chi connectivity index (χ2n) is 9.76. The molecule has 0 amide bonds. The van der Waals surface area contributed by atoms with Crippen molar-refractivity contribution in [1.82, 2.24) is 29.0 Å². The number of nitrogens with one attached hydrogen (secondary N) is 1. The molecule has 1 atom stereocenters. The van der Waals surface area contributed by atoms with E-state index in [2.05, 4.69) is 32.8 Å². The molecule has 9 nitrogen and oxygen atoms in total. The zero-order chi connectivity index (χ0) is 22.9. The molecule has 1 aliphatic carbocycles. The molecule has 0 spiro atoms. The van der Waals surface area contributed by atoms with Crippen LogP contribution < -0.4 is 5.32 Å². The summed E-state index contributed by atoms with van der Waals surface area (Å²) in [6.07, 6.45) is 10.5. The molecule has 34 heavy (non-hydrogen) atoms. The number of anilines is 1. The van der Waals surface area contributed by atoms with Crippen molar-refractivity contribution in [1.29, 1.82) is 0 Å². The molecule has 0 radical (unpaired) electrons. The minimum Gasteiger partial charge on any atom is -0.379 e. The number of ether oxygens (including phenoxy) is 2. The average molecular weight is 484 g/mol. The first-order valence-electron chi connectivity index (χ1n) is 12.5. The predicted octanol–water partition coefficient (Wildman–Crippen LogP) is 3.20. The molecule has 3 fully saturated rings. The number of aryl methyl sites for hydroxylation is 1. The van der Waals surface area contributed by atoms with Crippen molar-refractivity contribution in [2.75, 3.05) is 44.8 Å². The molecule has 0 unspecified atom stereocenters. The largest absolute Gasteiger partial charge is 0.379 e. The first kappa shape index (κ1) is 22.3. The fraction of sp³-hybridized carbons (Fsp3) is 0.667. The van der Waals surface area contributed by atoms with Gasteiger partial charge in [-0.25, -0.2) is 9.97 Å². The lowest BCUT2D eigenvalue weighted by molar-refractivity contribution is 0.00791. The van der Waals surface area contributed by atoms with Gasteiger partial charge in [-0.2, -0.15) is 9.47 Å². The van der Waals surface area contributed by atoms with E-state index in [1.165, 1.54) is 24.4 Å². The highest BCUT2D eigenvalue weighted by molar-refractivity contribution is 7.13. The van der Waals surface area contributed by atoms with E-state index >= 15 is 0 Å². The summed E-state index contributed by atoms with van der Waals surface area (Å²) in [5.41, 5.74) is 2.13. The molecular formula is C24H33N7O2S. The highest BCUT2D eigenvalue weighted by Gasteiger charge is 2.28. The number of nitrogens with zero attached hydrogens (tertiary/aromatic N) is 6. The van der Waals surface area contributed by atoms with Gasteiger partial charge in [0.1, 0.15) is 16.5 Å². The van der Waals surface area contributed by atoms with Crippen LogP contribution in [0.4, 0.5) is 5.82 Å². The number of rotatable bonds is 6. The zero-order valence-electron chi connectivity index (χ0n) is 19.8. The molecular weight excluding hydrogens is 450 g/mol. The Morgan fingerprint density at radius 2 is 1.88 bits per heavy atom. The topological polar surface area (TPSA) is 90.2 Å². The van der Waals surface area contributed by atoms with Crippen LogP contribution in [0.5, 0.6) is 0 Å². The minimum absolute atomic E-state index is 0.339. The summed E-state index contributed by atoms with van der Waals surface area (Å²) in [6.45, 7) is 7.50. The van der Waals surface area contributed by atoms with Gasteiger partial charge < -0.3 is 14.8 Å². The maximum Gasteiger partial charge on any atom is 0.149 e. The number of hydrogen-bond donors (Lipinski definition) is 1. The first-order chi connectivity index (χ1) is 16.7. The zero-order valence-corrected chi connectivity index (χ0v) is 20.6. The van der Waals surface area contributed by atoms with Crippen LogP contribution in [0, 0.1) is 6.92 Å². The monoisotopic (exact) mass is 483 g/mol. The third kappa shape index (κ3) is 4.68. The Hall–Kier alpha value is -2.14. The van der Waals surface area contributed by atoms with Crippen molar-refractivity contribution in [2.45, 2.75) is 63.6 Å². The summed E-state index contributed by atoms with van der Waals surface area (Å²) >= 11 is 1.46. The van der Waals surface area contributed by atoms with Gasteiger partial charge in [0.2, 0.25) is 0 Å². The van der Waals surface area contributed by atoms with E-state index in [1.807, 2.05) is 10.9 Å². The Morgan fingerprint density at radius 3 is 2.68 bits per heavy atom. The summed E-state index contributed by atoms with van der Waals surface area (Å²) in [5.74, 6) is 1.76. The minimum atomic E-state index is 0.339. The average Bonchev–Trinajstić information content (AvgIpc) is 3.62. The van der Waals surface area contributed by atoms with Gasteiger partial charge in [0, 0.05) is 44.4 Å². The lowest BCUT2D eigenvalue weighted by Gasteiger charge is -2.39. The van der Waals surface area contributed by atoms with E-state index < -0.39 is 0 Å². The Morgan fingerprint density at radius 1 is 1.03 bits per heavy atom. The number of morpholine rings is 1. The molecule has 10 heteroatoms. The summed E-state index contributed by atoms with van der Waals surface area (Å²) in [5, 5.41) is 9.42. The second kappa shape index (κ2) is 9.85. The van der Waals surface area contributed by atoms with Gasteiger partial charge in [0.05, 0.1) is 43.1 Å². The van der Waals surface area contributed by atoms with Gasteiger partial charge in [0.25, 0.3) is 0 Å². The van der Waals surface area contributed by atoms with Gasteiger partial charge in [-0.15, -0.1) is 0 Å². The van der Waals surface area contributed by atoms with Crippen LogP contribution >= 0.6 is 11.5 Å². The van der Waals surface area contributed by atoms with Crippen molar-refractivity contribution in [3.05, 3.63) is 29.5 Å². The Balaban J connectivity index is 1.16. The Kier molecular flexibility index (Phi) is 6.47. The SMILES string of the molecule is Cc1nsc2nc(Cc3cnn([C@H]4CCOC4)c3)nc(NC3CCC(N4CCOCC4)CC3)c12. The van der Waals surface area contributed by atoms with Gasteiger partial charge in [-0.3, -0.25) is 9.58 Å². The summed E-state index contributed by atoms with van der Waals surface area (Å²) < 4.78 is 17.7. The quantitative estimate of drug-likeness (QED) is 0.572. The molecule has 1 saturated carbocycles. The molecule has 3 aromatic rings. The third-order valence-corrected chi connectivity index (χ3v) is 8.28. The van der Waals surface area contributed by atoms with Crippen molar-refractivity contribution < 1.29 is 9.47 Å². The second-order valence-corrected chi connectivity index (χ2v) is 10.5. The lowest BCUT2D eigenvalue weighted by Crippen LogP contribution is -2.46. The molecule has 6 rings (SSSR count). The van der Waals surface area contributed by atoms with Crippen LogP contribution in [0.1, 0.15) is 55.2 Å². The van der Waals surface area contributed by atoms with Crippen molar-refractivity contribution in [3.8, 4) is 0 Å². The molecule has 2 saturated heterocycles. The Labute approximate surface area is 204 Å². The summed E-state index contributed by atoms with van der Waals surface area (Å²) in [7, 11) is 0. The van der Waals surface area contributed by atoms with E-state index in [-0.39, 0.29) is 0 Å². The van der Waals surface area contributed by atoms with E-state index in [9.17, 15) is 0 Å². The molecule has 3 aromatic heterocycles. The van der Waals surface area contributed by atoms with Crippen LogP contribution in [0.2, 0.25) is 0 Å². The van der Waals surface area contributed by atoms with Gasteiger partial charge in [-0.05, 0) is 56.1 Å². The maximum atomic E-state index is 5.53. The fourth-order valence-corrected chi connectivity index (χ4v) is 6.32. The van der Waals surface area contributed by atoms with Crippen molar-refractivity contribution >= 4 is 27.6 Å². The van der Waals surface area contributed by atoms with Gasteiger partial charge in [0.15, 0.2) is 0 Å². The summed E-state index contributed by atoms with van der Waals surface area (Å²) in [4.78, 5) is 13.4. The lowest BCUT2D eigenvalue weighted by atomic mass is 9.90. The van der Waals surface area contributed by atoms with Gasteiger partial charge in [-0.1, -0.05) is 0 Å². The fourth-order valence-electron chi connectivity index (χ4n) is 5.52. The van der Waals surface area contributed by atoms with Crippen molar-refractivity contribution in [3.63, 3.8) is 0 Å².